The number of benzene rings is 1. The normalized spacial score (nSPS) is 31.4. The lowest BCUT2D eigenvalue weighted by molar-refractivity contribution is -0.169. The summed E-state index contributed by atoms with van der Waals surface area (Å²) in [7, 11) is 4.07. The van der Waals surface area contributed by atoms with E-state index in [0.29, 0.717) is 5.92 Å². The van der Waals surface area contributed by atoms with Crippen LogP contribution in [0.25, 0.3) is 0 Å². The Morgan fingerprint density at radius 2 is 1.96 bits per heavy atom. The van der Waals surface area contributed by atoms with Crippen LogP contribution in [0.15, 0.2) is 24.3 Å². The van der Waals surface area contributed by atoms with Crippen molar-refractivity contribution in [1.29, 1.82) is 0 Å². The lowest BCUT2D eigenvalue weighted by Crippen LogP contribution is -2.50. The van der Waals surface area contributed by atoms with E-state index in [0.717, 1.165) is 30.7 Å². The Hall–Kier alpha value is -1.50. The Bertz CT molecular complexity index is 641. The summed E-state index contributed by atoms with van der Waals surface area (Å²) >= 11 is 0. The molecule has 0 radical (unpaired) electrons. The monoisotopic (exact) mass is 313 g/mol. The molecule has 0 aliphatic carbocycles. The van der Waals surface area contributed by atoms with E-state index in [-0.39, 0.29) is 17.3 Å². The van der Waals surface area contributed by atoms with Crippen molar-refractivity contribution in [2.45, 2.75) is 50.9 Å². The summed E-state index contributed by atoms with van der Waals surface area (Å²) < 4.78 is 12.8. The molecule has 1 aromatic rings. The summed E-state index contributed by atoms with van der Waals surface area (Å²) in [6.07, 6.45) is 2.07. The van der Waals surface area contributed by atoms with E-state index in [1.54, 1.807) is 0 Å². The Morgan fingerprint density at radius 3 is 2.70 bits per heavy atom. The van der Waals surface area contributed by atoms with E-state index in [1.807, 2.05) is 26.2 Å². The first kappa shape index (κ1) is 16.4. The Morgan fingerprint density at radius 1 is 1.22 bits per heavy atom. The molecule has 2 aliphatic heterocycles. The topological polar surface area (TPSA) is 21.7 Å². The zero-order valence-electron chi connectivity index (χ0n) is 14.8. The largest absolute Gasteiger partial charge is 0.487 e. The number of ether oxygens (including phenoxy) is 2. The van der Waals surface area contributed by atoms with Crippen molar-refractivity contribution in [3.05, 3.63) is 29.8 Å². The highest BCUT2D eigenvalue weighted by atomic mass is 16.5. The van der Waals surface area contributed by atoms with Gasteiger partial charge < -0.3 is 9.47 Å². The molecule has 0 N–H and O–H groups in total. The highest BCUT2D eigenvalue weighted by Gasteiger charge is 2.49. The first-order valence-corrected chi connectivity index (χ1v) is 8.41. The van der Waals surface area contributed by atoms with E-state index >= 15 is 0 Å². The van der Waals surface area contributed by atoms with Crippen LogP contribution in [0.2, 0.25) is 0 Å². The van der Waals surface area contributed by atoms with E-state index in [4.69, 9.17) is 9.47 Å². The molecule has 3 rings (SSSR count). The summed E-state index contributed by atoms with van der Waals surface area (Å²) in [5.41, 5.74) is 0.576. The van der Waals surface area contributed by atoms with E-state index in [2.05, 4.69) is 49.6 Å². The van der Waals surface area contributed by atoms with Crippen LogP contribution in [0.4, 0.5) is 0 Å². The van der Waals surface area contributed by atoms with Crippen molar-refractivity contribution in [2.24, 2.45) is 5.92 Å². The molecule has 1 aromatic carbocycles. The van der Waals surface area contributed by atoms with Gasteiger partial charge in [0.25, 0.3) is 0 Å². The first-order chi connectivity index (χ1) is 10.8. The summed E-state index contributed by atoms with van der Waals surface area (Å²) in [4.78, 5) is 2.08. The molecule has 23 heavy (non-hydrogen) atoms. The third-order valence-electron chi connectivity index (χ3n) is 4.92. The van der Waals surface area contributed by atoms with Crippen LogP contribution in [0.1, 0.15) is 45.3 Å². The molecule has 124 valence electrons. The van der Waals surface area contributed by atoms with Crippen molar-refractivity contribution < 1.29 is 9.47 Å². The fraction of sp³-hybridized carbons (Fsp3) is 0.600. The van der Waals surface area contributed by atoms with Gasteiger partial charge in [0.05, 0.1) is 12.6 Å². The van der Waals surface area contributed by atoms with Crippen LogP contribution in [-0.4, -0.2) is 36.7 Å². The van der Waals surface area contributed by atoms with Gasteiger partial charge in [0, 0.05) is 11.5 Å². The van der Waals surface area contributed by atoms with Crippen LogP contribution in [0, 0.1) is 17.8 Å². The lowest BCUT2D eigenvalue weighted by Gasteiger charge is -2.50. The molecule has 3 heteroatoms. The van der Waals surface area contributed by atoms with Crippen LogP contribution in [0.5, 0.6) is 5.75 Å². The smallest absolute Gasteiger partial charge is 0.126 e. The van der Waals surface area contributed by atoms with E-state index < -0.39 is 0 Å². The van der Waals surface area contributed by atoms with Gasteiger partial charge in [0.2, 0.25) is 0 Å². The molecule has 3 atom stereocenters. The summed E-state index contributed by atoms with van der Waals surface area (Å²) in [5, 5.41) is 0. The predicted molar refractivity (Wildman–Crippen MR) is 92.4 cm³/mol. The number of nitrogens with zero attached hydrogens (tertiary/aromatic N) is 1. The third-order valence-corrected chi connectivity index (χ3v) is 4.92. The molecule has 1 fully saturated rings. The van der Waals surface area contributed by atoms with Gasteiger partial charge in [-0.2, -0.15) is 0 Å². The second-order valence-electron chi connectivity index (χ2n) is 7.70. The SMILES string of the molecule is CN(C)CC#C[C@@]1(C)CC[C@H]2[C@H](O1)c1ccccc1OC2(C)C. The molecule has 2 aliphatic rings. The first-order valence-electron chi connectivity index (χ1n) is 8.41. The second-order valence-corrected chi connectivity index (χ2v) is 7.70. The quantitative estimate of drug-likeness (QED) is 0.739. The van der Waals surface area contributed by atoms with Gasteiger partial charge in [-0.1, -0.05) is 30.0 Å². The maximum atomic E-state index is 6.55. The van der Waals surface area contributed by atoms with Gasteiger partial charge >= 0.3 is 0 Å². The van der Waals surface area contributed by atoms with Gasteiger partial charge in [-0.3, -0.25) is 4.90 Å². The Labute approximate surface area is 140 Å². The zero-order chi connectivity index (χ0) is 16.7. The van der Waals surface area contributed by atoms with Crippen molar-refractivity contribution in [3.63, 3.8) is 0 Å². The van der Waals surface area contributed by atoms with Crippen LogP contribution in [-0.2, 0) is 4.74 Å². The fourth-order valence-electron chi connectivity index (χ4n) is 3.64. The summed E-state index contributed by atoms with van der Waals surface area (Å²) in [6.45, 7) is 7.23. The van der Waals surface area contributed by atoms with E-state index in [1.165, 1.54) is 0 Å². The molecule has 1 saturated heterocycles. The number of para-hydroxylation sites is 1. The minimum absolute atomic E-state index is 0.0577. The number of fused-ring (bicyclic) bond motifs is 3. The summed E-state index contributed by atoms with van der Waals surface area (Å²) in [5.74, 6) is 7.93. The van der Waals surface area contributed by atoms with E-state index in [9.17, 15) is 0 Å². The molecule has 0 saturated carbocycles. The Kier molecular flexibility index (Phi) is 4.16. The maximum absolute atomic E-state index is 6.55. The Balaban J connectivity index is 1.90. The van der Waals surface area contributed by atoms with Crippen LogP contribution < -0.4 is 4.74 Å². The molecular weight excluding hydrogens is 286 g/mol. The fourth-order valence-corrected chi connectivity index (χ4v) is 3.64. The molecule has 0 amide bonds. The van der Waals surface area contributed by atoms with Gasteiger partial charge in [-0.05, 0) is 53.8 Å². The third kappa shape index (κ3) is 3.24. The highest BCUT2D eigenvalue weighted by Crippen LogP contribution is 2.52. The van der Waals surface area contributed by atoms with Crippen LogP contribution >= 0.6 is 0 Å². The maximum Gasteiger partial charge on any atom is 0.126 e. The molecular formula is C20H27NO2. The average molecular weight is 313 g/mol. The highest BCUT2D eigenvalue weighted by molar-refractivity contribution is 5.39. The van der Waals surface area contributed by atoms with Crippen molar-refractivity contribution in [2.75, 3.05) is 20.6 Å². The van der Waals surface area contributed by atoms with Gasteiger partial charge in [-0.25, -0.2) is 0 Å². The van der Waals surface area contributed by atoms with Crippen LogP contribution in [0.3, 0.4) is 0 Å². The van der Waals surface area contributed by atoms with Gasteiger partial charge in [-0.15, -0.1) is 0 Å². The molecule has 0 spiro atoms. The molecule has 0 unspecified atom stereocenters. The zero-order valence-corrected chi connectivity index (χ0v) is 14.8. The predicted octanol–water partition coefficient (Wildman–Crippen LogP) is 3.65. The van der Waals surface area contributed by atoms with Gasteiger partial charge in [0.15, 0.2) is 0 Å². The lowest BCUT2D eigenvalue weighted by atomic mass is 9.73. The van der Waals surface area contributed by atoms with Crippen molar-refractivity contribution in [3.8, 4) is 17.6 Å². The van der Waals surface area contributed by atoms with Crippen molar-refractivity contribution >= 4 is 0 Å². The molecule has 0 bridgehead atoms. The molecule has 2 heterocycles. The number of rotatable bonds is 1. The average Bonchev–Trinajstić information content (AvgIpc) is 2.46. The standard InChI is InChI=1S/C20H27NO2/c1-19(2)16-11-13-20(3,12-8-14-21(4)5)23-18(16)15-9-6-7-10-17(15)22-19/h6-7,9-10,16,18H,11,13-14H2,1-5H3/t16-,18+,20-/m0/s1. The minimum atomic E-state index is -0.377. The second kappa shape index (κ2) is 5.85. The molecule has 3 nitrogen and oxygen atoms in total. The summed E-state index contributed by atoms with van der Waals surface area (Å²) in [6, 6.07) is 8.25. The van der Waals surface area contributed by atoms with Gasteiger partial charge in [0.1, 0.15) is 17.0 Å². The number of hydrogen-bond donors (Lipinski definition) is 0. The van der Waals surface area contributed by atoms with Crippen molar-refractivity contribution in [1.82, 2.24) is 4.90 Å². The molecule has 0 aromatic heterocycles. The number of hydrogen-bond acceptors (Lipinski definition) is 3. The minimum Gasteiger partial charge on any atom is -0.487 e.